The minimum Gasteiger partial charge on any atom is -0.475 e. The zero-order valence-corrected chi connectivity index (χ0v) is 10.7. The maximum atomic E-state index is 13.0. The van der Waals surface area contributed by atoms with Crippen LogP contribution in [-0.2, 0) is 10.0 Å². The van der Waals surface area contributed by atoms with Crippen molar-refractivity contribution in [3.63, 3.8) is 0 Å². The number of hydrogen-bond donors (Lipinski definition) is 2. The molecule has 0 saturated heterocycles. The number of hydrogen-bond acceptors (Lipinski definition) is 4. The van der Waals surface area contributed by atoms with Gasteiger partial charge in [-0.25, -0.2) is 18.0 Å². The van der Waals surface area contributed by atoms with E-state index < -0.39 is 50.0 Å². The van der Waals surface area contributed by atoms with Gasteiger partial charge in [-0.1, -0.05) is 0 Å². The molecule has 2 aromatic rings. The Morgan fingerprint density at radius 3 is 2.19 bits per heavy atom. The second-order valence-corrected chi connectivity index (χ2v) is 5.40. The van der Waals surface area contributed by atoms with Crippen molar-refractivity contribution < 1.29 is 35.9 Å². The summed E-state index contributed by atoms with van der Waals surface area (Å²) in [5.74, 6) is -7.04. The Labute approximate surface area is 115 Å². The van der Waals surface area contributed by atoms with Crippen LogP contribution in [0.4, 0.5) is 18.9 Å². The van der Waals surface area contributed by atoms with Gasteiger partial charge in [-0.05, 0) is 12.1 Å². The first-order valence-corrected chi connectivity index (χ1v) is 6.69. The van der Waals surface area contributed by atoms with Crippen LogP contribution in [-0.4, -0.2) is 19.5 Å². The second-order valence-electron chi connectivity index (χ2n) is 3.78. The van der Waals surface area contributed by atoms with Gasteiger partial charge in [0.15, 0.2) is 17.5 Å². The van der Waals surface area contributed by atoms with Crippen LogP contribution in [0.25, 0.3) is 0 Å². The molecule has 0 bridgehead atoms. The average molecular weight is 321 g/mol. The van der Waals surface area contributed by atoms with Gasteiger partial charge >= 0.3 is 5.97 Å². The van der Waals surface area contributed by atoms with Gasteiger partial charge in [0, 0.05) is 12.1 Å². The number of aromatic carboxylic acids is 1. The van der Waals surface area contributed by atoms with E-state index in [1.807, 2.05) is 0 Å². The van der Waals surface area contributed by atoms with Gasteiger partial charge in [-0.15, -0.1) is 0 Å². The van der Waals surface area contributed by atoms with E-state index in [0.29, 0.717) is 12.1 Å². The van der Waals surface area contributed by atoms with E-state index in [9.17, 15) is 26.4 Å². The Balaban J connectivity index is 2.35. The number of carboxylic acids is 1. The predicted molar refractivity (Wildman–Crippen MR) is 62.8 cm³/mol. The van der Waals surface area contributed by atoms with E-state index >= 15 is 0 Å². The number of benzene rings is 1. The third-order valence-corrected chi connectivity index (χ3v) is 3.55. The average Bonchev–Trinajstić information content (AvgIpc) is 2.85. The van der Waals surface area contributed by atoms with Crippen molar-refractivity contribution in [2.45, 2.75) is 5.09 Å². The summed E-state index contributed by atoms with van der Waals surface area (Å²) in [5, 5.41) is 7.83. The highest BCUT2D eigenvalue weighted by Gasteiger charge is 2.22. The minimum atomic E-state index is -4.41. The number of halogens is 3. The normalized spacial score (nSPS) is 11.4. The van der Waals surface area contributed by atoms with E-state index in [0.717, 1.165) is 12.1 Å². The minimum absolute atomic E-state index is 0.428. The third-order valence-electron chi connectivity index (χ3n) is 2.29. The monoisotopic (exact) mass is 321 g/mol. The number of nitrogens with one attached hydrogen (secondary N) is 1. The summed E-state index contributed by atoms with van der Waals surface area (Å²) >= 11 is 0. The van der Waals surface area contributed by atoms with Crippen molar-refractivity contribution in [2.75, 3.05) is 4.72 Å². The third kappa shape index (κ3) is 2.99. The highest BCUT2D eigenvalue weighted by molar-refractivity contribution is 7.92. The zero-order chi connectivity index (χ0) is 15.8. The van der Waals surface area contributed by atoms with Gasteiger partial charge < -0.3 is 9.52 Å². The zero-order valence-electron chi connectivity index (χ0n) is 9.93. The number of rotatable bonds is 4. The largest absolute Gasteiger partial charge is 0.475 e. The molecule has 0 atom stereocenters. The standard InChI is InChI=1S/C11H6F3NO5S/c12-6-3-5(4-7(13)10(6)14)15-21(18,19)9-2-1-8(20-9)11(16)17/h1-4,15H,(H,16,17). The molecule has 1 aromatic carbocycles. The summed E-state index contributed by atoms with van der Waals surface area (Å²) in [4.78, 5) is 10.6. The molecule has 0 aliphatic rings. The Morgan fingerprint density at radius 2 is 1.71 bits per heavy atom. The lowest BCUT2D eigenvalue weighted by molar-refractivity contribution is 0.0656. The SMILES string of the molecule is O=C(O)c1ccc(S(=O)(=O)Nc2cc(F)c(F)c(F)c2)o1. The molecular formula is C11H6F3NO5S. The number of anilines is 1. The Kier molecular flexibility index (Phi) is 3.64. The molecule has 6 nitrogen and oxygen atoms in total. The number of sulfonamides is 1. The van der Waals surface area contributed by atoms with E-state index in [-0.39, 0.29) is 0 Å². The molecule has 1 aromatic heterocycles. The van der Waals surface area contributed by atoms with Crippen molar-refractivity contribution >= 4 is 21.7 Å². The van der Waals surface area contributed by atoms with E-state index in [1.165, 1.54) is 0 Å². The van der Waals surface area contributed by atoms with Gasteiger partial charge in [0.25, 0.3) is 10.0 Å². The Bertz CT molecular complexity index is 792. The van der Waals surface area contributed by atoms with Crippen molar-refractivity contribution in [2.24, 2.45) is 0 Å². The summed E-state index contributed by atoms with van der Waals surface area (Å²) in [6, 6.07) is 2.60. The first-order valence-electron chi connectivity index (χ1n) is 5.21. The molecule has 0 spiro atoms. The molecule has 0 aliphatic carbocycles. The molecule has 2 rings (SSSR count). The summed E-state index contributed by atoms with van der Waals surface area (Å²) in [7, 11) is -4.41. The topological polar surface area (TPSA) is 96.6 Å². The number of carboxylic acid groups (broad SMARTS) is 1. The first-order chi connectivity index (χ1) is 9.70. The van der Waals surface area contributed by atoms with Crippen LogP contribution in [0.15, 0.2) is 33.8 Å². The smallest absolute Gasteiger partial charge is 0.371 e. The van der Waals surface area contributed by atoms with Crippen molar-refractivity contribution in [3.8, 4) is 0 Å². The molecule has 0 aliphatic heterocycles. The first kappa shape index (κ1) is 14.9. The molecule has 1 heterocycles. The Morgan fingerprint density at radius 1 is 1.14 bits per heavy atom. The lowest BCUT2D eigenvalue weighted by Gasteiger charge is -2.06. The second kappa shape index (κ2) is 5.13. The predicted octanol–water partition coefficient (Wildman–Crippen LogP) is 2.20. The van der Waals surface area contributed by atoms with Gasteiger partial charge in [0.2, 0.25) is 10.9 Å². The molecule has 10 heteroatoms. The van der Waals surface area contributed by atoms with Crippen LogP contribution in [0, 0.1) is 17.5 Å². The summed E-state index contributed by atoms with van der Waals surface area (Å²) in [6.07, 6.45) is 0. The van der Waals surface area contributed by atoms with Crippen LogP contribution in [0.3, 0.4) is 0 Å². The van der Waals surface area contributed by atoms with Gasteiger partial charge in [0.05, 0.1) is 5.69 Å². The maximum Gasteiger partial charge on any atom is 0.371 e. The van der Waals surface area contributed by atoms with Crippen LogP contribution in [0.2, 0.25) is 0 Å². The lowest BCUT2D eigenvalue weighted by atomic mass is 10.3. The van der Waals surface area contributed by atoms with Gasteiger partial charge in [0.1, 0.15) is 0 Å². The molecule has 21 heavy (non-hydrogen) atoms. The highest BCUT2D eigenvalue weighted by atomic mass is 32.2. The highest BCUT2D eigenvalue weighted by Crippen LogP contribution is 2.22. The lowest BCUT2D eigenvalue weighted by Crippen LogP contribution is -2.13. The summed E-state index contributed by atoms with van der Waals surface area (Å²) in [6.45, 7) is 0. The fraction of sp³-hybridized carbons (Fsp3) is 0. The van der Waals surface area contributed by atoms with E-state index in [1.54, 1.807) is 4.72 Å². The van der Waals surface area contributed by atoms with Gasteiger partial charge in [-0.2, -0.15) is 8.42 Å². The van der Waals surface area contributed by atoms with Crippen LogP contribution in [0.1, 0.15) is 10.6 Å². The van der Waals surface area contributed by atoms with Crippen molar-refractivity contribution in [1.82, 2.24) is 0 Å². The van der Waals surface area contributed by atoms with Crippen molar-refractivity contribution in [3.05, 3.63) is 47.5 Å². The van der Waals surface area contributed by atoms with Crippen LogP contribution < -0.4 is 4.72 Å². The quantitative estimate of drug-likeness (QED) is 0.842. The molecule has 0 amide bonds. The molecule has 2 N–H and O–H groups in total. The number of furan rings is 1. The molecule has 112 valence electrons. The molecular weight excluding hydrogens is 315 g/mol. The molecule has 0 saturated carbocycles. The molecule has 0 radical (unpaired) electrons. The summed E-state index contributed by atoms with van der Waals surface area (Å²) < 4.78 is 68.6. The molecule has 0 unspecified atom stereocenters. The van der Waals surface area contributed by atoms with Crippen molar-refractivity contribution in [1.29, 1.82) is 0 Å². The van der Waals surface area contributed by atoms with Crippen LogP contribution >= 0.6 is 0 Å². The van der Waals surface area contributed by atoms with Gasteiger partial charge in [-0.3, -0.25) is 4.72 Å². The summed E-state index contributed by atoms with van der Waals surface area (Å²) in [5.41, 5.74) is -0.584. The van der Waals surface area contributed by atoms with E-state index in [2.05, 4.69) is 4.42 Å². The fourth-order valence-electron chi connectivity index (χ4n) is 1.40. The Hall–Kier alpha value is -2.49. The molecule has 0 fully saturated rings. The van der Waals surface area contributed by atoms with Crippen LogP contribution in [0.5, 0.6) is 0 Å². The maximum absolute atomic E-state index is 13.0. The fourth-order valence-corrected chi connectivity index (χ4v) is 2.37. The van der Waals surface area contributed by atoms with E-state index in [4.69, 9.17) is 5.11 Å². The number of carbonyl (C=O) groups is 1.